The average molecular weight is 215 g/mol. The molecule has 4 nitrogen and oxygen atoms in total. The highest BCUT2D eigenvalue weighted by atomic mass is 16.3. The first-order valence-corrected chi connectivity index (χ1v) is 5.37. The molecule has 16 heavy (non-hydrogen) atoms. The second-order valence-electron chi connectivity index (χ2n) is 4.13. The number of hydrogen-bond donors (Lipinski definition) is 2. The molecule has 1 heterocycles. The van der Waals surface area contributed by atoms with Gasteiger partial charge < -0.3 is 10.8 Å². The SMILES string of the molecule is NC1CCc2cnn(-c3ccc(O)cc3)c21. The quantitative estimate of drug-likeness (QED) is 0.758. The zero-order valence-corrected chi connectivity index (χ0v) is 8.80. The first-order valence-electron chi connectivity index (χ1n) is 5.37. The molecule has 1 aromatic heterocycles. The van der Waals surface area contributed by atoms with Crippen LogP contribution in [-0.4, -0.2) is 14.9 Å². The summed E-state index contributed by atoms with van der Waals surface area (Å²) in [5.41, 5.74) is 9.33. The van der Waals surface area contributed by atoms with Gasteiger partial charge in [0.25, 0.3) is 0 Å². The molecule has 1 aromatic carbocycles. The van der Waals surface area contributed by atoms with Gasteiger partial charge in [0.05, 0.1) is 17.6 Å². The van der Waals surface area contributed by atoms with Gasteiger partial charge in [0, 0.05) is 6.04 Å². The molecule has 0 fully saturated rings. The summed E-state index contributed by atoms with van der Waals surface area (Å²) < 4.78 is 1.87. The summed E-state index contributed by atoms with van der Waals surface area (Å²) in [5.74, 6) is 0.261. The predicted molar refractivity (Wildman–Crippen MR) is 60.5 cm³/mol. The molecule has 3 N–H and O–H groups in total. The number of aromatic nitrogens is 2. The Hall–Kier alpha value is -1.81. The standard InChI is InChI=1S/C12H13N3O/c13-11-6-1-8-7-14-15(12(8)11)9-2-4-10(16)5-3-9/h2-5,7,11,16H,1,6,13H2. The average Bonchev–Trinajstić information content (AvgIpc) is 2.84. The number of rotatable bonds is 1. The van der Waals surface area contributed by atoms with E-state index in [-0.39, 0.29) is 11.8 Å². The van der Waals surface area contributed by atoms with Crippen molar-refractivity contribution in [2.24, 2.45) is 5.73 Å². The van der Waals surface area contributed by atoms with Gasteiger partial charge in [0.15, 0.2) is 0 Å². The molecule has 0 bridgehead atoms. The van der Waals surface area contributed by atoms with Crippen molar-refractivity contribution in [3.8, 4) is 11.4 Å². The Labute approximate surface area is 93.3 Å². The van der Waals surface area contributed by atoms with Crippen LogP contribution in [0.3, 0.4) is 0 Å². The van der Waals surface area contributed by atoms with E-state index in [2.05, 4.69) is 5.10 Å². The Morgan fingerprint density at radius 1 is 1.31 bits per heavy atom. The summed E-state index contributed by atoms with van der Waals surface area (Å²) in [7, 11) is 0. The van der Waals surface area contributed by atoms with E-state index in [1.807, 2.05) is 23.0 Å². The number of aromatic hydroxyl groups is 1. The van der Waals surface area contributed by atoms with Crippen molar-refractivity contribution in [1.82, 2.24) is 9.78 Å². The highest BCUT2D eigenvalue weighted by Crippen LogP contribution is 2.30. The summed E-state index contributed by atoms with van der Waals surface area (Å²) in [6, 6.07) is 7.07. The number of nitrogens with zero attached hydrogens (tertiary/aromatic N) is 2. The summed E-state index contributed by atoms with van der Waals surface area (Å²) in [4.78, 5) is 0. The van der Waals surface area contributed by atoms with Gasteiger partial charge in [-0.15, -0.1) is 0 Å². The fraction of sp³-hybridized carbons (Fsp3) is 0.250. The van der Waals surface area contributed by atoms with E-state index in [4.69, 9.17) is 5.73 Å². The molecule has 82 valence electrons. The van der Waals surface area contributed by atoms with Crippen LogP contribution in [0, 0.1) is 0 Å². The van der Waals surface area contributed by atoms with Gasteiger partial charge in [-0.3, -0.25) is 0 Å². The Morgan fingerprint density at radius 2 is 2.06 bits per heavy atom. The minimum Gasteiger partial charge on any atom is -0.508 e. The first-order chi connectivity index (χ1) is 7.75. The summed E-state index contributed by atoms with van der Waals surface area (Å²) >= 11 is 0. The lowest BCUT2D eigenvalue weighted by molar-refractivity contribution is 0.475. The molecular formula is C12H13N3O. The Balaban J connectivity index is 2.11. The third kappa shape index (κ3) is 1.31. The molecule has 1 aliphatic rings. The maximum Gasteiger partial charge on any atom is 0.115 e. The molecule has 0 saturated carbocycles. The summed E-state index contributed by atoms with van der Waals surface area (Å²) in [6.45, 7) is 0. The van der Waals surface area contributed by atoms with Crippen LogP contribution < -0.4 is 5.73 Å². The molecule has 0 radical (unpaired) electrons. The number of hydrogen-bond acceptors (Lipinski definition) is 3. The van der Waals surface area contributed by atoms with Gasteiger partial charge in [0.2, 0.25) is 0 Å². The summed E-state index contributed by atoms with van der Waals surface area (Å²) in [5, 5.41) is 13.6. The Kier molecular flexibility index (Phi) is 1.97. The smallest absolute Gasteiger partial charge is 0.115 e. The van der Waals surface area contributed by atoms with E-state index < -0.39 is 0 Å². The zero-order valence-electron chi connectivity index (χ0n) is 8.80. The number of phenolic OH excluding ortho intramolecular Hbond substituents is 1. The molecule has 3 rings (SSSR count). The van der Waals surface area contributed by atoms with Gasteiger partial charge in [-0.2, -0.15) is 5.10 Å². The van der Waals surface area contributed by atoms with E-state index in [0.717, 1.165) is 24.2 Å². The molecule has 4 heteroatoms. The van der Waals surface area contributed by atoms with Crippen LogP contribution in [-0.2, 0) is 6.42 Å². The van der Waals surface area contributed by atoms with Gasteiger partial charge in [0.1, 0.15) is 5.75 Å². The van der Waals surface area contributed by atoms with Crippen LogP contribution in [0.5, 0.6) is 5.75 Å². The number of aryl methyl sites for hydroxylation is 1. The molecular weight excluding hydrogens is 202 g/mol. The fourth-order valence-electron chi connectivity index (χ4n) is 2.23. The number of nitrogens with two attached hydrogens (primary N) is 1. The monoisotopic (exact) mass is 215 g/mol. The van der Waals surface area contributed by atoms with E-state index in [9.17, 15) is 5.11 Å². The Morgan fingerprint density at radius 3 is 2.81 bits per heavy atom. The second kappa shape index (κ2) is 3.35. The Bertz CT molecular complexity index is 516. The van der Waals surface area contributed by atoms with Gasteiger partial charge >= 0.3 is 0 Å². The lowest BCUT2D eigenvalue weighted by Gasteiger charge is -2.09. The van der Waals surface area contributed by atoms with Crippen LogP contribution in [0.25, 0.3) is 5.69 Å². The topological polar surface area (TPSA) is 64.1 Å². The van der Waals surface area contributed by atoms with Crippen molar-refractivity contribution >= 4 is 0 Å². The van der Waals surface area contributed by atoms with Crippen LogP contribution in [0.15, 0.2) is 30.5 Å². The van der Waals surface area contributed by atoms with Gasteiger partial charge in [-0.1, -0.05) is 0 Å². The molecule has 0 amide bonds. The lowest BCUT2D eigenvalue weighted by Crippen LogP contribution is -2.12. The molecule has 2 aromatic rings. The predicted octanol–water partition coefficient (Wildman–Crippen LogP) is 1.52. The van der Waals surface area contributed by atoms with Crippen molar-refractivity contribution in [2.75, 3.05) is 0 Å². The number of benzene rings is 1. The molecule has 1 aliphatic carbocycles. The van der Waals surface area contributed by atoms with Gasteiger partial charge in [-0.25, -0.2) is 4.68 Å². The van der Waals surface area contributed by atoms with Crippen LogP contribution in [0.4, 0.5) is 0 Å². The number of fused-ring (bicyclic) bond motifs is 1. The van der Waals surface area contributed by atoms with Crippen molar-refractivity contribution < 1.29 is 5.11 Å². The largest absolute Gasteiger partial charge is 0.508 e. The third-order valence-corrected chi connectivity index (χ3v) is 3.06. The van der Waals surface area contributed by atoms with E-state index in [1.54, 1.807) is 12.1 Å². The highest BCUT2D eigenvalue weighted by Gasteiger charge is 2.24. The van der Waals surface area contributed by atoms with Crippen molar-refractivity contribution in [3.05, 3.63) is 41.7 Å². The molecule has 0 aliphatic heterocycles. The van der Waals surface area contributed by atoms with Crippen LogP contribution in [0.2, 0.25) is 0 Å². The van der Waals surface area contributed by atoms with E-state index in [0.29, 0.717) is 0 Å². The van der Waals surface area contributed by atoms with Crippen molar-refractivity contribution in [1.29, 1.82) is 0 Å². The minimum absolute atomic E-state index is 0.0753. The van der Waals surface area contributed by atoms with Crippen LogP contribution in [0.1, 0.15) is 23.7 Å². The van der Waals surface area contributed by atoms with E-state index >= 15 is 0 Å². The molecule has 0 spiro atoms. The second-order valence-corrected chi connectivity index (χ2v) is 4.13. The zero-order chi connectivity index (χ0) is 11.1. The fourth-order valence-corrected chi connectivity index (χ4v) is 2.23. The lowest BCUT2D eigenvalue weighted by atomic mass is 10.2. The maximum absolute atomic E-state index is 9.25. The highest BCUT2D eigenvalue weighted by molar-refractivity contribution is 5.40. The molecule has 1 atom stereocenters. The number of phenols is 1. The minimum atomic E-state index is 0.0753. The normalized spacial score (nSPS) is 18.7. The summed E-state index contributed by atoms with van der Waals surface area (Å²) in [6.07, 6.45) is 3.88. The first kappa shape index (κ1) is 9.42. The van der Waals surface area contributed by atoms with Crippen molar-refractivity contribution in [2.45, 2.75) is 18.9 Å². The molecule has 1 unspecified atom stereocenters. The van der Waals surface area contributed by atoms with Crippen molar-refractivity contribution in [3.63, 3.8) is 0 Å². The maximum atomic E-state index is 9.25. The van der Waals surface area contributed by atoms with E-state index in [1.165, 1.54) is 5.56 Å². The van der Waals surface area contributed by atoms with Crippen LogP contribution >= 0.6 is 0 Å². The molecule has 0 saturated heterocycles. The third-order valence-electron chi connectivity index (χ3n) is 3.06. The van der Waals surface area contributed by atoms with Gasteiger partial charge in [-0.05, 0) is 42.7 Å².